The number of amidine groups is 1. The van der Waals surface area contributed by atoms with Crippen LogP contribution in [0.5, 0.6) is 0 Å². The van der Waals surface area contributed by atoms with Gasteiger partial charge in [-0.3, -0.25) is 15.1 Å². The van der Waals surface area contributed by atoms with E-state index >= 15 is 0 Å². The Labute approximate surface area is 133 Å². The molecular weight excluding hydrogens is 284 g/mol. The molecule has 0 fully saturated rings. The van der Waals surface area contributed by atoms with Crippen LogP contribution >= 0.6 is 0 Å². The third kappa shape index (κ3) is 7.97. The van der Waals surface area contributed by atoms with E-state index in [1.54, 1.807) is 41.8 Å². The van der Waals surface area contributed by atoms with Gasteiger partial charge in [0.15, 0.2) is 0 Å². The van der Waals surface area contributed by atoms with Crippen molar-refractivity contribution in [1.29, 1.82) is 5.41 Å². The first-order valence-electron chi connectivity index (χ1n) is 7.48. The lowest BCUT2D eigenvalue weighted by atomic mass is 10.1. The average molecular weight is 314 g/mol. The number of nitrogens with two attached hydrogens (primary N) is 1. The van der Waals surface area contributed by atoms with Gasteiger partial charge in [0.1, 0.15) is 11.4 Å². The fourth-order valence-corrected chi connectivity index (χ4v) is 1.80. The van der Waals surface area contributed by atoms with E-state index in [1.807, 2.05) is 0 Å². The van der Waals surface area contributed by atoms with E-state index in [9.17, 15) is 9.59 Å². The SMILES string of the molecule is CC(=N)N(CCCC[C@H](N)C(=O)N(C)C)C(=O)OC(C)(C)C. The molecule has 0 aromatic carbocycles. The van der Waals surface area contributed by atoms with Gasteiger partial charge in [-0.1, -0.05) is 0 Å². The molecule has 0 bridgehead atoms. The Morgan fingerprint density at radius 2 is 1.77 bits per heavy atom. The van der Waals surface area contributed by atoms with Crippen LogP contribution in [0.3, 0.4) is 0 Å². The first-order chi connectivity index (χ1) is 9.95. The zero-order valence-corrected chi connectivity index (χ0v) is 14.6. The number of hydrogen-bond acceptors (Lipinski definition) is 5. The van der Waals surface area contributed by atoms with Crippen LogP contribution in [0.1, 0.15) is 47.0 Å². The highest BCUT2D eigenvalue weighted by atomic mass is 16.6. The van der Waals surface area contributed by atoms with E-state index in [-0.39, 0.29) is 11.7 Å². The van der Waals surface area contributed by atoms with Gasteiger partial charge in [-0.15, -0.1) is 0 Å². The zero-order chi connectivity index (χ0) is 17.5. The molecule has 0 aromatic heterocycles. The molecule has 7 heteroatoms. The van der Waals surface area contributed by atoms with E-state index in [0.29, 0.717) is 25.8 Å². The van der Waals surface area contributed by atoms with Crippen LogP contribution in [-0.4, -0.2) is 59.9 Å². The molecular formula is C15H30N4O3. The van der Waals surface area contributed by atoms with E-state index in [2.05, 4.69) is 0 Å². The number of carbonyl (C=O) groups is 2. The molecule has 1 atom stereocenters. The molecule has 0 aliphatic rings. The van der Waals surface area contributed by atoms with Crippen LogP contribution in [0.2, 0.25) is 0 Å². The molecule has 7 nitrogen and oxygen atoms in total. The van der Waals surface area contributed by atoms with Crippen molar-refractivity contribution in [2.45, 2.75) is 58.6 Å². The van der Waals surface area contributed by atoms with Crippen molar-refractivity contribution in [3.05, 3.63) is 0 Å². The summed E-state index contributed by atoms with van der Waals surface area (Å²) in [5.74, 6) is 0.0372. The van der Waals surface area contributed by atoms with Gasteiger partial charge in [-0.25, -0.2) is 4.79 Å². The third-order valence-electron chi connectivity index (χ3n) is 2.92. The van der Waals surface area contributed by atoms with E-state index < -0.39 is 17.7 Å². The quantitative estimate of drug-likeness (QED) is 0.443. The second-order valence-electron chi connectivity index (χ2n) is 6.55. The number of ether oxygens (including phenoxy) is 1. The predicted octanol–water partition coefficient (Wildman–Crippen LogP) is 1.81. The summed E-state index contributed by atoms with van der Waals surface area (Å²) in [6.07, 6.45) is 1.39. The lowest BCUT2D eigenvalue weighted by molar-refractivity contribution is -0.130. The summed E-state index contributed by atoms with van der Waals surface area (Å²) >= 11 is 0. The van der Waals surface area contributed by atoms with E-state index in [4.69, 9.17) is 15.9 Å². The summed E-state index contributed by atoms with van der Waals surface area (Å²) in [6.45, 7) is 7.29. The first kappa shape index (κ1) is 20.4. The van der Waals surface area contributed by atoms with Crippen LogP contribution in [0.4, 0.5) is 4.79 Å². The van der Waals surface area contributed by atoms with Gasteiger partial charge < -0.3 is 15.4 Å². The summed E-state index contributed by atoms with van der Waals surface area (Å²) in [4.78, 5) is 26.4. The van der Waals surface area contributed by atoms with E-state index in [1.165, 1.54) is 9.80 Å². The van der Waals surface area contributed by atoms with Crippen molar-refractivity contribution < 1.29 is 14.3 Å². The fourth-order valence-electron chi connectivity index (χ4n) is 1.80. The Morgan fingerprint density at radius 3 is 2.18 bits per heavy atom. The average Bonchev–Trinajstić information content (AvgIpc) is 2.34. The normalized spacial score (nSPS) is 12.5. The van der Waals surface area contributed by atoms with Crippen molar-refractivity contribution in [3.8, 4) is 0 Å². The molecule has 0 saturated carbocycles. The minimum absolute atomic E-state index is 0.104. The Morgan fingerprint density at radius 1 is 1.23 bits per heavy atom. The van der Waals surface area contributed by atoms with Crippen LogP contribution in [0, 0.1) is 5.41 Å². The minimum Gasteiger partial charge on any atom is -0.443 e. The summed E-state index contributed by atoms with van der Waals surface area (Å²) in [6, 6.07) is -0.522. The summed E-state index contributed by atoms with van der Waals surface area (Å²) in [5, 5.41) is 7.67. The van der Waals surface area contributed by atoms with Gasteiger partial charge in [0.05, 0.1) is 6.04 Å². The smallest absolute Gasteiger partial charge is 0.415 e. The van der Waals surface area contributed by atoms with Gasteiger partial charge in [0.25, 0.3) is 0 Å². The molecule has 128 valence electrons. The Kier molecular flexibility index (Phi) is 8.08. The van der Waals surface area contributed by atoms with Gasteiger partial charge in [0, 0.05) is 20.6 Å². The minimum atomic E-state index is -0.592. The molecule has 0 heterocycles. The molecule has 0 radical (unpaired) electrons. The lowest BCUT2D eigenvalue weighted by Crippen LogP contribution is -2.41. The third-order valence-corrected chi connectivity index (χ3v) is 2.92. The number of hydrogen-bond donors (Lipinski definition) is 2. The number of carbonyl (C=O) groups excluding carboxylic acids is 2. The Hall–Kier alpha value is -1.63. The van der Waals surface area contributed by atoms with Crippen molar-refractivity contribution >= 4 is 17.8 Å². The highest BCUT2D eigenvalue weighted by Crippen LogP contribution is 2.11. The molecule has 2 amide bonds. The molecule has 0 unspecified atom stereocenters. The number of unbranched alkanes of at least 4 members (excludes halogenated alkanes) is 1. The summed E-state index contributed by atoms with van der Waals surface area (Å²) < 4.78 is 5.27. The van der Waals surface area contributed by atoms with Crippen molar-refractivity contribution in [3.63, 3.8) is 0 Å². The second kappa shape index (κ2) is 8.73. The van der Waals surface area contributed by atoms with Crippen molar-refractivity contribution in [2.24, 2.45) is 5.73 Å². The zero-order valence-electron chi connectivity index (χ0n) is 14.6. The molecule has 0 spiro atoms. The predicted molar refractivity (Wildman–Crippen MR) is 86.9 cm³/mol. The van der Waals surface area contributed by atoms with Crippen molar-refractivity contribution in [1.82, 2.24) is 9.80 Å². The number of amides is 2. The van der Waals surface area contributed by atoms with Gasteiger partial charge in [-0.05, 0) is 47.0 Å². The number of likely N-dealkylation sites (N-methyl/N-ethyl adjacent to an activating group) is 1. The van der Waals surface area contributed by atoms with Crippen LogP contribution in [0.25, 0.3) is 0 Å². The standard InChI is InChI=1S/C15H30N4O3/c1-11(16)19(14(21)22-15(2,3)4)10-8-7-9-12(17)13(20)18(5)6/h12,16H,7-10,17H2,1-6H3/t12-/m0/s1. The number of nitrogens with zero attached hydrogens (tertiary/aromatic N) is 2. The topological polar surface area (TPSA) is 99.7 Å². The first-order valence-corrected chi connectivity index (χ1v) is 7.48. The van der Waals surface area contributed by atoms with Crippen LogP contribution in [-0.2, 0) is 9.53 Å². The van der Waals surface area contributed by atoms with Crippen LogP contribution in [0.15, 0.2) is 0 Å². The largest absolute Gasteiger partial charge is 0.443 e. The molecule has 0 saturated heterocycles. The van der Waals surface area contributed by atoms with Crippen molar-refractivity contribution in [2.75, 3.05) is 20.6 Å². The lowest BCUT2D eigenvalue weighted by Gasteiger charge is -2.26. The van der Waals surface area contributed by atoms with E-state index in [0.717, 1.165) is 0 Å². The Bertz CT molecular complexity index is 402. The van der Waals surface area contributed by atoms with Crippen LogP contribution < -0.4 is 5.73 Å². The van der Waals surface area contributed by atoms with Gasteiger partial charge in [-0.2, -0.15) is 0 Å². The van der Waals surface area contributed by atoms with Gasteiger partial charge >= 0.3 is 6.09 Å². The molecule has 0 rings (SSSR count). The molecule has 22 heavy (non-hydrogen) atoms. The second-order valence-corrected chi connectivity index (χ2v) is 6.55. The highest BCUT2D eigenvalue weighted by Gasteiger charge is 2.23. The number of nitrogens with one attached hydrogen (secondary N) is 1. The summed E-state index contributed by atoms with van der Waals surface area (Å²) in [5.41, 5.74) is 5.21. The maximum Gasteiger partial charge on any atom is 0.415 e. The van der Waals surface area contributed by atoms with Gasteiger partial charge in [0.2, 0.25) is 5.91 Å². The maximum absolute atomic E-state index is 12.0. The number of rotatable bonds is 6. The Balaban J connectivity index is 4.31. The monoisotopic (exact) mass is 314 g/mol. The molecule has 0 aromatic rings. The molecule has 0 aliphatic heterocycles. The maximum atomic E-state index is 12.0. The molecule has 0 aliphatic carbocycles. The summed E-state index contributed by atoms with van der Waals surface area (Å²) in [7, 11) is 3.34. The molecule has 3 N–H and O–H groups in total. The fraction of sp³-hybridized carbons (Fsp3) is 0.800. The highest BCUT2D eigenvalue weighted by molar-refractivity contribution is 5.92.